The summed E-state index contributed by atoms with van der Waals surface area (Å²) < 4.78 is 10.9. The minimum absolute atomic E-state index is 0.0372. The number of hydrogen-bond donors (Lipinski definition) is 2. The van der Waals surface area contributed by atoms with Crippen LogP contribution < -0.4 is 14.8 Å². The third-order valence-electron chi connectivity index (χ3n) is 8.06. The number of aromatic nitrogens is 1. The molecule has 0 radical (unpaired) electrons. The molecule has 1 heterocycles. The van der Waals surface area contributed by atoms with Crippen LogP contribution in [-0.4, -0.2) is 48.0 Å². The third kappa shape index (κ3) is 5.69. The first-order chi connectivity index (χ1) is 19.5. The standard InChI is InChI=1S/C33H37N3O4/c1-39-26-15-16-29(30(22-26)40-2)35-32(38)33(18-9-4-10-19-33)36(31(37)21-24-11-5-3-6-12-24)20-17-25-23-34-28-14-8-7-13-27(25)28/h3,5-8,11-16,22-23,34H,4,9-10,17-21H2,1-2H3,(H,35,38). The van der Waals surface area contributed by atoms with Crippen LogP contribution in [0, 0.1) is 0 Å². The van der Waals surface area contributed by atoms with E-state index in [0.29, 0.717) is 43.0 Å². The molecule has 7 heteroatoms. The number of hydrogen-bond acceptors (Lipinski definition) is 4. The predicted molar refractivity (Wildman–Crippen MR) is 158 cm³/mol. The molecule has 0 aliphatic heterocycles. The number of methoxy groups -OCH3 is 2. The lowest BCUT2D eigenvalue weighted by Gasteiger charge is -2.45. The Morgan fingerprint density at radius 3 is 2.42 bits per heavy atom. The molecule has 2 amide bonds. The highest BCUT2D eigenvalue weighted by molar-refractivity contribution is 6.01. The fourth-order valence-electron chi connectivity index (χ4n) is 5.91. The summed E-state index contributed by atoms with van der Waals surface area (Å²) in [6.45, 7) is 0.445. The lowest BCUT2D eigenvalue weighted by atomic mass is 9.78. The Morgan fingerprint density at radius 2 is 1.68 bits per heavy atom. The normalized spacial score (nSPS) is 14.4. The monoisotopic (exact) mass is 539 g/mol. The molecule has 0 saturated heterocycles. The molecule has 0 atom stereocenters. The zero-order valence-electron chi connectivity index (χ0n) is 23.2. The van der Waals surface area contributed by atoms with Crippen LogP contribution >= 0.6 is 0 Å². The van der Waals surface area contributed by atoms with Gasteiger partial charge in [0.15, 0.2) is 0 Å². The molecule has 40 heavy (non-hydrogen) atoms. The first kappa shape index (κ1) is 27.3. The van der Waals surface area contributed by atoms with Crippen LogP contribution in [0.3, 0.4) is 0 Å². The number of aromatic amines is 1. The molecule has 208 valence electrons. The van der Waals surface area contributed by atoms with E-state index in [1.54, 1.807) is 32.4 Å². The van der Waals surface area contributed by atoms with Crippen molar-refractivity contribution in [2.45, 2.75) is 50.5 Å². The number of para-hydroxylation sites is 1. The van der Waals surface area contributed by atoms with Crippen molar-refractivity contribution < 1.29 is 19.1 Å². The average molecular weight is 540 g/mol. The molecule has 4 aromatic rings. The van der Waals surface area contributed by atoms with E-state index in [4.69, 9.17) is 9.47 Å². The van der Waals surface area contributed by atoms with Crippen molar-refractivity contribution in [1.82, 2.24) is 9.88 Å². The fourth-order valence-corrected chi connectivity index (χ4v) is 5.91. The third-order valence-corrected chi connectivity index (χ3v) is 8.06. The number of nitrogens with zero attached hydrogens (tertiary/aromatic N) is 1. The van der Waals surface area contributed by atoms with Gasteiger partial charge in [0.1, 0.15) is 17.0 Å². The summed E-state index contributed by atoms with van der Waals surface area (Å²) in [5, 5.41) is 4.27. The fraction of sp³-hybridized carbons (Fsp3) is 0.333. The molecule has 1 saturated carbocycles. The van der Waals surface area contributed by atoms with E-state index in [0.717, 1.165) is 41.3 Å². The maximum absolute atomic E-state index is 14.3. The largest absolute Gasteiger partial charge is 0.497 e. The first-order valence-corrected chi connectivity index (χ1v) is 14.0. The van der Waals surface area contributed by atoms with Gasteiger partial charge in [0.05, 0.1) is 26.3 Å². The molecule has 3 aromatic carbocycles. The van der Waals surface area contributed by atoms with E-state index >= 15 is 0 Å². The number of ether oxygens (including phenoxy) is 2. The molecular weight excluding hydrogens is 502 g/mol. The summed E-state index contributed by atoms with van der Waals surface area (Å²) in [5.41, 5.74) is 2.74. The number of fused-ring (bicyclic) bond motifs is 1. The van der Waals surface area contributed by atoms with E-state index in [1.807, 2.05) is 53.6 Å². The molecule has 0 unspecified atom stereocenters. The Labute approximate surface area is 235 Å². The minimum Gasteiger partial charge on any atom is -0.497 e. The highest BCUT2D eigenvalue weighted by atomic mass is 16.5. The average Bonchev–Trinajstić information content (AvgIpc) is 3.41. The van der Waals surface area contributed by atoms with Crippen LogP contribution in [0.1, 0.15) is 43.2 Å². The van der Waals surface area contributed by atoms with Gasteiger partial charge in [-0.3, -0.25) is 9.59 Å². The van der Waals surface area contributed by atoms with Crippen LogP contribution in [-0.2, 0) is 22.4 Å². The summed E-state index contributed by atoms with van der Waals surface area (Å²) in [5.74, 6) is 0.945. The van der Waals surface area contributed by atoms with Crippen molar-refractivity contribution in [2.75, 3.05) is 26.1 Å². The number of amides is 2. The number of benzene rings is 3. The zero-order chi connectivity index (χ0) is 28.0. The molecule has 0 bridgehead atoms. The minimum atomic E-state index is -0.957. The number of carbonyl (C=O) groups excluding carboxylic acids is 2. The Bertz CT molecular complexity index is 1460. The van der Waals surface area contributed by atoms with E-state index < -0.39 is 5.54 Å². The molecule has 5 rings (SSSR count). The van der Waals surface area contributed by atoms with Gasteiger partial charge in [0.25, 0.3) is 0 Å². The van der Waals surface area contributed by atoms with Gasteiger partial charge in [-0.25, -0.2) is 0 Å². The molecule has 1 aliphatic rings. The SMILES string of the molecule is COc1ccc(NC(=O)C2(N(CCc3c[nH]c4ccccc34)C(=O)Cc3ccccc3)CCCCC2)c(OC)c1. The van der Waals surface area contributed by atoms with Crippen molar-refractivity contribution in [1.29, 1.82) is 0 Å². The molecule has 2 N–H and O–H groups in total. The van der Waals surface area contributed by atoms with E-state index in [1.165, 1.54) is 0 Å². The van der Waals surface area contributed by atoms with Gasteiger partial charge in [0.2, 0.25) is 11.8 Å². The van der Waals surface area contributed by atoms with Gasteiger partial charge in [-0.1, -0.05) is 67.8 Å². The Morgan fingerprint density at radius 1 is 0.925 bits per heavy atom. The number of carbonyl (C=O) groups is 2. The Balaban J connectivity index is 1.48. The second kappa shape index (κ2) is 12.3. The van der Waals surface area contributed by atoms with Crippen molar-refractivity contribution in [2.24, 2.45) is 0 Å². The van der Waals surface area contributed by atoms with Crippen molar-refractivity contribution in [3.8, 4) is 11.5 Å². The van der Waals surface area contributed by atoms with Crippen LogP contribution in [0.5, 0.6) is 11.5 Å². The second-order valence-electron chi connectivity index (χ2n) is 10.4. The topological polar surface area (TPSA) is 83.7 Å². The van der Waals surface area contributed by atoms with Crippen LogP contribution in [0.4, 0.5) is 5.69 Å². The number of nitrogens with one attached hydrogen (secondary N) is 2. The zero-order valence-corrected chi connectivity index (χ0v) is 23.2. The van der Waals surface area contributed by atoms with Crippen LogP contribution in [0.25, 0.3) is 10.9 Å². The second-order valence-corrected chi connectivity index (χ2v) is 10.4. The quantitative estimate of drug-likeness (QED) is 0.254. The van der Waals surface area contributed by atoms with Gasteiger partial charge in [-0.2, -0.15) is 0 Å². The van der Waals surface area contributed by atoms with Gasteiger partial charge in [-0.15, -0.1) is 0 Å². The number of H-pyrrole nitrogens is 1. The molecule has 7 nitrogen and oxygen atoms in total. The highest BCUT2D eigenvalue weighted by Gasteiger charge is 2.47. The lowest BCUT2D eigenvalue weighted by molar-refractivity contribution is -0.147. The van der Waals surface area contributed by atoms with Gasteiger partial charge < -0.3 is 24.7 Å². The summed E-state index contributed by atoms with van der Waals surface area (Å²) in [7, 11) is 3.16. The maximum Gasteiger partial charge on any atom is 0.250 e. The van der Waals surface area contributed by atoms with E-state index in [9.17, 15) is 9.59 Å². The van der Waals surface area contributed by atoms with Crippen molar-refractivity contribution in [3.05, 3.63) is 90.1 Å². The summed E-state index contributed by atoms with van der Waals surface area (Å²) >= 11 is 0. The maximum atomic E-state index is 14.3. The van der Waals surface area contributed by atoms with Gasteiger partial charge >= 0.3 is 0 Å². The van der Waals surface area contributed by atoms with Gasteiger partial charge in [0, 0.05) is 29.7 Å². The lowest BCUT2D eigenvalue weighted by Crippen LogP contribution is -2.60. The Hall–Kier alpha value is -4.26. The van der Waals surface area contributed by atoms with E-state index in [-0.39, 0.29) is 18.2 Å². The first-order valence-electron chi connectivity index (χ1n) is 14.0. The molecular formula is C33H37N3O4. The molecule has 0 spiro atoms. The van der Waals surface area contributed by atoms with Crippen molar-refractivity contribution >= 4 is 28.4 Å². The number of anilines is 1. The highest BCUT2D eigenvalue weighted by Crippen LogP contribution is 2.38. The van der Waals surface area contributed by atoms with Crippen LogP contribution in [0.2, 0.25) is 0 Å². The van der Waals surface area contributed by atoms with Gasteiger partial charge in [-0.05, 0) is 48.6 Å². The van der Waals surface area contributed by atoms with Crippen LogP contribution in [0.15, 0.2) is 79.0 Å². The summed E-state index contributed by atoms with van der Waals surface area (Å²) in [6.07, 6.45) is 6.95. The van der Waals surface area contributed by atoms with Crippen molar-refractivity contribution in [3.63, 3.8) is 0 Å². The molecule has 1 fully saturated rings. The predicted octanol–water partition coefficient (Wildman–Crippen LogP) is 6.14. The smallest absolute Gasteiger partial charge is 0.250 e. The number of rotatable bonds is 10. The van der Waals surface area contributed by atoms with E-state index in [2.05, 4.69) is 22.4 Å². The summed E-state index contributed by atoms with van der Waals surface area (Å²) in [4.78, 5) is 33.6. The molecule has 1 aromatic heterocycles. The molecule has 1 aliphatic carbocycles. The Kier molecular flexibility index (Phi) is 8.39. The summed E-state index contributed by atoms with van der Waals surface area (Å²) in [6, 6.07) is 23.3.